The third kappa shape index (κ3) is 4.92. The van der Waals surface area contributed by atoms with Gasteiger partial charge in [-0.1, -0.05) is 51.6 Å². The van der Waals surface area contributed by atoms with Crippen LogP contribution in [-0.2, 0) is 19.3 Å². The van der Waals surface area contributed by atoms with E-state index < -0.39 is 0 Å². The predicted molar refractivity (Wildman–Crippen MR) is 102 cm³/mol. The van der Waals surface area contributed by atoms with Crippen LogP contribution in [0.3, 0.4) is 0 Å². The summed E-state index contributed by atoms with van der Waals surface area (Å²) in [6, 6.07) is 10.8. The lowest BCUT2D eigenvalue weighted by Crippen LogP contribution is -2.35. The smallest absolute Gasteiger partial charge is 0.0875 e. The van der Waals surface area contributed by atoms with Gasteiger partial charge in [0.25, 0.3) is 0 Å². The molecule has 0 fully saturated rings. The Bertz CT molecular complexity index is 778. The van der Waals surface area contributed by atoms with Gasteiger partial charge in [-0.15, -0.1) is 0 Å². The molecule has 1 heterocycles. The molecule has 0 amide bonds. The van der Waals surface area contributed by atoms with Gasteiger partial charge in [0.2, 0.25) is 0 Å². The van der Waals surface area contributed by atoms with Crippen molar-refractivity contribution in [3.8, 4) is 0 Å². The zero-order chi connectivity index (χ0) is 17.5. The Labute approximate surface area is 145 Å². The van der Waals surface area contributed by atoms with E-state index in [2.05, 4.69) is 80.1 Å². The van der Waals surface area contributed by atoms with Crippen LogP contribution in [0.4, 0.5) is 0 Å². The standard InChI is InChI=1S/C21H29N3/c1-6-18-9-7-8-10-19(18)11-12-20-13-21(17(5)23-24-20)16(4)22-14-15(2)3/h7-10,13,15,22H,5-6,11-12,14H2,1-4H3. The molecule has 2 rings (SSSR count). The molecule has 0 spiro atoms. The van der Waals surface area contributed by atoms with Gasteiger partial charge in [0.15, 0.2) is 0 Å². The summed E-state index contributed by atoms with van der Waals surface area (Å²) in [6.45, 7) is 13.7. The zero-order valence-corrected chi connectivity index (χ0v) is 15.4. The Hall–Kier alpha value is -2.16. The van der Waals surface area contributed by atoms with Crippen molar-refractivity contribution in [1.82, 2.24) is 15.5 Å². The summed E-state index contributed by atoms with van der Waals surface area (Å²) >= 11 is 0. The Morgan fingerprint density at radius 1 is 1.12 bits per heavy atom. The normalized spacial score (nSPS) is 12.4. The maximum Gasteiger partial charge on any atom is 0.0875 e. The summed E-state index contributed by atoms with van der Waals surface area (Å²) in [5.74, 6) is 0.605. The van der Waals surface area contributed by atoms with E-state index in [1.807, 2.05) is 0 Å². The van der Waals surface area contributed by atoms with Crippen LogP contribution < -0.4 is 15.9 Å². The van der Waals surface area contributed by atoms with Crippen molar-refractivity contribution in [2.45, 2.75) is 47.0 Å². The highest BCUT2D eigenvalue weighted by Crippen LogP contribution is 2.11. The quantitative estimate of drug-likeness (QED) is 0.851. The molecule has 2 aromatic rings. The van der Waals surface area contributed by atoms with Gasteiger partial charge in [-0.25, -0.2) is 0 Å². The molecule has 0 aliphatic rings. The summed E-state index contributed by atoms with van der Waals surface area (Å²) in [5, 5.41) is 13.9. The Morgan fingerprint density at radius 2 is 1.83 bits per heavy atom. The van der Waals surface area contributed by atoms with Gasteiger partial charge < -0.3 is 5.32 Å². The molecule has 0 saturated heterocycles. The van der Waals surface area contributed by atoms with Crippen LogP contribution in [0, 0.1) is 5.92 Å². The molecular weight excluding hydrogens is 294 g/mol. The van der Waals surface area contributed by atoms with Crippen molar-refractivity contribution >= 4 is 12.3 Å². The molecule has 0 aliphatic carbocycles. The van der Waals surface area contributed by atoms with E-state index in [4.69, 9.17) is 0 Å². The van der Waals surface area contributed by atoms with Crippen molar-refractivity contribution in [1.29, 1.82) is 0 Å². The lowest BCUT2D eigenvalue weighted by atomic mass is 10.00. The van der Waals surface area contributed by atoms with Gasteiger partial charge in [0.05, 0.1) is 11.0 Å². The maximum atomic E-state index is 4.33. The van der Waals surface area contributed by atoms with E-state index in [1.165, 1.54) is 11.1 Å². The van der Waals surface area contributed by atoms with Crippen LogP contribution >= 0.6 is 0 Å². The largest absolute Gasteiger partial charge is 0.388 e. The molecule has 3 heteroatoms. The van der Waals surface area contributed by atoms with E-state index in [-0.39, 0.29) is 0 Å². The monoisotopic (exact) mass is 323 g/mol. The molecule has 0 saturated carbocycles. The first-order chi connectivity index (χ1) is 11.5. The van der Waals surface area contributed by atoms with Crippen LogP contribution in [0.5, 0.6) is 0 Å². The lowest BCUT2D eigenvalue weighted by Gasteiger charge is -2.10. The number of hydrogen-bond acceptors (Lipinski definition) is 3. The molecule has 0 unspecified atom stereocenters. The molecule has 3 nitrogen and oxygen atoms in total. The van der Waals surface area contributed by atoms with Crippen LogP contribution in [-0.4, -0.2) is 16.7 Å². The van der Waals surface area contributed by atoms with Crippen molar-refractivity contribution in [3.63, 3.8) is 0 Å². The molecule has 1 aromatic carbocycles. The minimum absolute atomic E-state index is 0.605. The number of hydrogen-bond donors (Lipinski definition) is 1. The van der Waals surface area contributed by atoms with Crippen molar-refractivity contribution < 1.29 is 0 Å². The van der Waals surface area contributed by atoms with Crippen LogP contribution in [0.1, 0.15) is 44.5 Å². The van der Waals surface area contributed by atoms with Gasteiger partial charge in [0.1, 0.15) is 0 Å². The Balaban J connectivity index is 2.19. The average Bonchev–Trinajstić information content (AvgIpc) is 2.59. The Morgan fingerprint density at radius 3 is 2.50 bits per heavy atom. The highest BCUT2D eigenvalue weighted by atomic mass is 15.1. The van der Waals surface area contributed by atoms with E-state index in [0.717, 1.165) is 47.8 Å². The van der Waals surface area contributed by atoms with Crippen molar-refractivity contribution in [2.24, 2.45) is 5.92 Å². The van der Waals surface area contributed by atoms with Crippen molar-refractivity contribution in [3.05, 3.63) is 57.7 Å². The van der Waals surface area contributed by atoms with E-state index in [9.17, 15) is 0 Å². The van der Waals surface area contributed by atoms with Crippen LogP contribution in [0.2, 0.25) is 0 Å². The minimum Gasteiger partial charge on any atom is -0.388 e. The molecule has 1 aromatic heterocycles. The number of nitrogens with zero attached hydrogens (tertiary/aromatic N) is 2. The first-order valence-corrected chi connectivity index (χ1v) is 8.84. The molecule has 0 aliphatic heterocycles. The van der Waals surface area contributed by atoms with Gasteiger partial charge >= 0.3 is 0 Å². The van der Waals surface area contributed by atoms with Crippen molar-refractivity contribution in [2.75, 3.05) is 6.54 Å². The third-order valence-electron chi connectivity index (χ3n) is 4.25. The van der Waals surface area contributed by atoms with Gasteiger partial charge in [-0.3, -0.25) is 0 Å². The van der Waals surface area contributed by atoms with Gasteiger partial charge in [-0.05, 0) is 49.3 Å². The summed E-state index contributed by atoms with van der Waals surface area (Å²) in [5.41, 5.74) is 4.97. The minimum atomic E-state index is 0.605. The topological polar surface area (TPSA) is 37.8 Å². The molecule has 0 atom stereocenters. The summed E-state index contributed by atoms with van der Waals surface area (Å²) in [7, 11) is 0. The summed E-state index contributed by atoms with van der Waals surface area (Å²) in [4.78, 5) is 0. The number of aromatic nitrogens is 2. The highest BCUT2D eigenvalue weighted by molar-refractivity contribution is 5.39. The SMILES string of the molecule is C=c1nnc(CCc2ccccc2CC)cc1=C(C)NCC(C)C. The van der Waals surface area contributed by atoms with Gasteiger partial charge in [-0.2, -0.15) is 10.2 Å². The molecule has 1 N–H and O–H groups in total. The lowest BCUT2D eigenvalue weighted by molar-refractivity contribution is 0.615. The fourth-order valence-electron chi connectivity index (χ4n) is 2.77. The molecule has 0 radical (unpaired) electrons. The first-order valence-electron chi connectivity index (χ1n) is 8.84. The number of aryl methyl sites for hydroxylation is 3. The highest BCUT2D eigenvalue weighted by Gasteiger charge is 2.04. The average molecular weight is 323 g/mol. The number of benzene rings is 1. The third-order valence-corrected chi connectivity index (χ3v) is 4.25. The van der Waals surface area contributed by atoms with Gasteiger partial charge in [0, 0.05) is 17.5 Å². The second-order valence-electron chi connectivity index (χ2n) is 6.72. The second kappa shape index (κ2) is 8.62. The fourth-order valence-corrected chi connectivity index (χ4v) is 2.77. The first kappa shape index (κ1) is 18.2. The van der Waals surface area contributed by atoms with E-state index >= 15 is 0 Å². The predicted octanol–water partition coefficient (Wildman–Crippen LogP) is 2.61. The number of nitrogens with one attached hydrogen (secondary N) is 1. The molecule has 128 valence electrons. The fraction of sp³-hybridized carbons (Fsp3) is 0.429. The second-order valence-corrected chi connectivity index (χ2v) is 6.72. The number of rotatable bonds is 7. The van der Waals surface area contributed by atoms with E-state index in [0.29, 0.717) is 5.92 Å². The van der Waals surface area contributed by atoms with Crippen LogP contribution in [0.15, 0.2) is 30.3 Å². The zero-order valence-electron chi connectivity index (χ0n) is 15.4. The Kier molecular flexibility index (Phi) is 6.53. The summed E-state index contributed by atoms with van der Waals surface area (Å²) in [6.07, 6.45) is 2.96. The molecule has 24 heavy (non-hydrogen) atoms. The van der Waals surface area contributed by atoms with Crippen LogP contribution in [0.25, 0.3) is 12.3 Å². The summed E-state index contributed by atoms with van der Waals surface area (Å²) < 4.78 is 0. The molecular formula is C21H29N3. The van der Waals surface area contributed by atoms with E-state index in [1.54, 1.807) is 0 Å². The maximum absolute atomic E-state index is 4.33. The molecule has 0 bridgehead atoms.